The largest absolute Gasteiger partial charge is 0.433 e. The molecule has 0 amide bonds. The van der Waals surface area contributed by atoms with Gasteiger partial charge in [-0.05, 0) is 0 Å². The molecule has 0 saturated carbocycles. The van der Waals surface area contributed by atoms with E-state index in [1.54, 1.807) is 4.74 Å². The molecule has 0 rings (SSSR count). The number of hydrogen-bond acceptors (Lipinski definition) is 1. The van der Waals surface area contributed by atoms with Crippen LogP contribution in [0, 0.1) is 0 Å². The van der Waals surface area contributed by atoms with Gasteiger partial charge in [-0.1, -0.05) is 0 Å². The average molecular weight is 382 g/mol. The van der Waals surface area contributed by atoms with Crippen molar-refractivity contribution in [1.82, 2.24) is 0 Å². The molecule has 2 unspecified atom stereocenters. The minimum Gasteiger partial charge on any atom is -0.249 e. The second kappa shape index (κ2) is 5.81. The topological polar surface area (TPSA) is 9.23 Å². The Hall–Kier alpha value is -1.02. The molecular formula is C8H4F14O. The first-order valence-corrected chi connectivity index (χ1v) is 4.92. The molecule has 0 heterocycles. The van der Waals surface area contributed by atoms with Gasteiger partial charge >= 0.3 is 35.9 Å². The molecular weight excluding hydrogens is 378 g/mol. The molecule has 0 aromatic carbocycles. The highest BCUT2D eigenvalue weighted by molar-refractivity contribution is 5.00. The Kier molecular flexibility index (Phi) is 5.55. The highest BCUT2D eigenvalue weighted by atomic mass is 19.4. The molecule has 0 saturated heterocycles. The molecule has 0 aromatic heterocycles. The lowest BCUT2D eigenvalue weighted by atomic mass is 10.0. The van der Waals surface area contributed by atoms with Crippen molar-refractivity contribution >= 4 is 0 Å². The summed E-state index contributed by atoms with van der Waals surface area (Å²) in [7, 11) is 0. The normalized spacial score (nSPS) is 20.1. The second-order valence-corrected chi connectivity index (χ2v) is 4.00. The third kappa shape index (κ3) is 3.42. The summed E-state index contributed by atoms with van der Waals surface area (Å²) in [6, 6.07) is 0. The van der Waals surface area contributed by atoms with E-state index >= 15 is 0 Å². The summed E-state index contributed by atoms with van der Waals surface area (Å²) >= 11 is 0. The molecule has 0 aliphatic carbocycles. The van der Waals surface area contributed by atoms with Gasteiger partial charge in [0.05, 0.1) is 0 Å². The van der Waals surface area contributed by atoms with Crippen LogP contribution in [-0.4, -0.2) is 49.3 Å². The zero-order valence-corrected chi connectivity index (χ0v) is 10.1. The van der Waals surface area contributed by atoms with Gasteiger partial charge in [0.2, 0.25) is 0 Å². The smallest absolute Gasteiger partial charge is 0.249 e. The number of ether oxygens (including phenoxy) is 1. The summed E-state index contributed by atoms with van der Waals surface area (Å²) in [5.74, 6) is 0. The molecule has 0 fully saturated rings. The fraction of sp³-hybridized carbons (Fsp3) is 1.00. The average Bonchev–Trinajstić information content (AvgIpc) is 2.31. The van der Waals surface area contributed by atoms with Crippen LogP contribution in [0.2, 0.25) is 0 Å². The molecule has 0 aliphatic heterocycles. The van der Waals surface area contributed by atoms with E-state index in [2.05, 4.69) is 0 Å². The predicted octanol–water partition coefficient (Wildman–Crippen LogP) is 4.67. The van der Waals surface area contributed by atoms with E-state index in [0.717, 1.165) is 0 Å². The summed E-state index contributed by atoms with van der Waals surface area (Å²) < 4.78 is 175. The molecule has 23 heavy (non-hydrogen) atoms. The second-order valence-electron chi connectivity index (χ2n) is 4.00. The van der Waals surface area contributed by atoms with E-state index in [0.29, 0.717) is 0 Å². The number of alkyl halides is 14. The third-order valence-corrected chi connectivity index (χ3v) is 2.45. The number of hydrogen-bond donors (Lipinski definition) is 0. The van der Waals surface area contributed by atoms with Crippen LogP contribution in [-0.2, 0) is 4.74 Å². The summed E-state index contributed by atoms with van der Waals surface area (Å²) in [6.07, 6.45) is -27.9. The molecule has 0 N–H and O–H groups in total. The predicted molar refractivity (Wildman–Crippen MR) is 42.7 cm³/mol. The van der Waals surface area contributed by atoms with Gasteiger partial charge in [0.25, 0.3) is 0 Å². The van der Waals surface area contributed by atoms with E-state index in [4.69, 9.17) is 0 Å². The highest BCUT2D eigenvalue weighted by Gasteiger charge is 2.80. The fourth-order valence-corrected chi connectivity index (χ4v) is 0.960. The lowest BCUT2D eigenvalue weighted by Crippen LogP contribution is -2.65. The van der Waals surface area contributed by atoms with Gasteiger partial charge in [0, 0.05) is 0 Å². The van der Waals surface area contributed by atoms with Crippen LogP contribution in [0.25, 0.3) is 0 Å². The Morgan fingerprint density at radius 2 is 0.696 bits per heavy atom. The maximum atomic E-state index is 12.9. The van der Waals surface area contributed by atoms with Crippen LogP contribution in [0.1, 0.15) is 0 Å². The molecule has 0 spiro atoms. The first-order chi connectivity index (χ1) is 9.83. The van der Waals surface area contributed by atoms with Crippen LogP contribution in [0.5, 0.6) is 0 Å². The molecule has 1 nitrogen and oxygen atoms in total. The SMILES string of the molecule is FCC(F)(C(F)(F)F)C(F)(F)OC(F)(F)C(F)(CF)C(F)(F)F. The van der Waals surface area contributed by atoms with Crippen LogP contribution < -0.4 is 0 Å². The van der Waals surface area contributed by atoms with Gasteiger partial charge < -0.3 is 0 Å². The van der Waals surface area contributed by atoms with Crippen molar-refractivity contribution in [2.75, 3.05) is 13.3 Å². The van der Waals surface area contributed by atoms with Gasteiger partial charge in [-0.2, -0.15) is 43.9 Å². The maximum Gasteiger partial charge on any atom is 0.433 e. The zero-order valence-electron chi connectivity index (χ0n) is 10.1. The third-order valence-electron chi connectivity index (χ3n) is 2.45. The molecule has 0 aliphatic rings. The Balaban J connectivity index is 5.94. The van der Waals surface area contributed by atoms with Crippen molar-refractivity contribution in [3.63, 3.8) is 0 Å². The molecule has 0 radical (unpaired) electrons. The Labute approximate surface area is 117 Å². The van der Waals surface area contributed by atoms with Crippen LogP contribution in [0.4, 0.5) is 61.5 Å². The molecule has 0 bridgehead atoms. The highest BCUT2D eigenvalue weighted by Crippen LogP contribution is 2.53. The van der Waals surface area contributed by atoms with E-state index in [-0.39, 0.29) is 0 Å². The lowest BCUT2D eigenvalue weighted by molar-refractivity contribution is -0.483. The fourth-order valence-electron chi connectivity index (χ4n) is 0.960. The van der Waals surface area contributed by atoms with Crippen molar-refractivity contribution in [2.45, 2.75) is 35.9 Å². The number of halogens is 14. The first-order valence-electron chi connectivity index (χ1n) is 4.92. The molecule has 15 heteroatoms. The van der Waals surface area contributed by atoms with Crippen molar-refractivity contribution in [2.24, 2.45) is 0 Å². The maximum absolute atomic E-state index is 12.9. The monoisotopic (exact) mass is 382 g/mol. The minimum atomic E-state index is -7.03. The van der Waals surface area contributed by atoms with E-state index in [9.17, 15) is 61.5 Å². The Morgan fingerprint density at radius 1 is 0.478 bits per heavy atom. The summed E-state index contributed by atoms with van der Waals surface area (Å²) in [5, 5.41) is 0. The number of rotatable bonds is 6. The molecule has 2 atom stereocenters. The summed E-state index contributed by atoms with van der Waals surface area (Å²) in [5.41, 5.74) is -13.1. The lowest BCUT2D eigenvalue weighted by Gasteiger charge is -2.38. The standard InChI is InChI=1S/C8H4F14O/c9-1-3(11,5(13,14)15)7(19,20)23-8(21,22)4(12,2-10)6(16,17)18/h1-2H2. The quantitative estimate of drug-likeness (QED) is 0.607. The Morgan fingerprint density at radius 3 is 0.826 bits per heavy atom. The summed E-state index contributed by atoms with van der Waals surface area (Å²) in [6.45, 7) is -7.53. The zero-order chi connectivity index (χ0) is 19.1. The van der Waals surface area contributed by atoms with E-state index in [1.165, 1.54) is 0 Å². The van der Waals surface area contributed by atoms with Crippen LogP contribution >= 0.6 is 0 Å². The van der Waals surface area contributed by atoms with E-state index < -0.39 is 49.3 Å². The van der Waals surface area contributed by atoms with Crippen molar-refractivity contribution in [1.29, 1.82) is 0 Å². The van der Waals surface area contributed by atoms with Crippen LogP contribution in [0.3, 0.4) is 0 Å². The van der Waals surface area contributed by atoms with Gasteiger partial charge in [-0.15, -0.1) is 0 Å². The minimum absolute atomic E-state index is 1.65. The first kappa shape index (κ1) is 22.0. The van der Waals surface area contributed by atoms with E-state index in [1.807, 2.05) is 0 Å². The van der Waals surface area contributed by atoms with Crippen molar-refractivity contribution in [3.8, 4) is 0 Å². The molecule has 0 aromatic rings. The van der Waals surface area contributed by atoms with Gasteiger partial charge in [0.1, 0.15) is 13.3 Å². The van der Waals surface area contributed by atoms with Crippen molar-refractivity contribution < 1.29 is 66.2 Å². The van der Waals surface area contributed by atoms with Crippen LogP contribution in [0.15, 0.2) is 0 Å². The van der Waals surface area contributed by atoms with Gasteiger partial charge in [0.15, 0.2) is 0 Å². The van der Waals surface area contributed by atoms with Crippen molar-refractivity contribution in [3.05, 3.63) is 0 Å². The Bertz CT molecular complexity index is 374. The van der Waals surface area contributed by atoms with Gasteiger partial charge in [-0.3, -0.25) is 0 Å². The van der Waals surface area contributed by atoms with Gasteiger partial charge in [-0.25, -0.2) is 22.3 Å². The summed E-state index contributed by atoms with van der Waals surface area (Å²) in [4.78, 5) is 0. The molecule has 140 valence electrons.